The first-order valence-electron chi connectivity index (χ1n) is 12.9. The average Bonchev–Trinajstić information content (AvgIpc) is 3.10. The van der Waals surface area contributed by atoms with Crippen molar-refractivity contribution in [2.75, 3.05) is 24.4 Å². The molecule has 1 aliphatic carbocycles. The highest BCUT2D eigenvalue weighted by atomic mass is 35.5. The summed E-state index contributed by atoms with van der Waals surface area (Å²) in [6.45, 7) is 6.02. The summed E-state index contributed by atoms with van der Waals surface area (Å²) in [5, 5.41) is 3.81. The highest BCUT2D eigenvalue weighted by molar-refractivity contribution is 7.80. The third-order valence-corrected chi connectivity index (χ3v) is 6.79. The van der Waals surface area contributed by atoms with Gasteiger partial charge in [-0.25, -0.2) is 9.37 Å². The first kappa shape index (κ1) is 30.6. The summed E-state index contributed by atoms with van der Waals surface area (Å²) in [5.74, 6) is -0.164. The maximum absolute atomic E-state index is 14.7. The molecule has 1 aromatic carbocycles. The summed E-state index contributed by atoms with van der Waals surface area (Å²) in [4.78, 5) is 26.7. The Morgan fingerprint density at radius 1 is 1.23 bits per heavy atom. The number of aliphatic imine (C=N–C) groups is 1. The lowest BCUT2D eigenvalue weighted by atomic mass is 9.95. The highest BCUT2D eigenvalue weighted by Crippen LogP contribution is 2.33. The number of hydrazine groups is 1. The molecule has 0 saturated carbocycles. The van der Waals surface area contributed by atoms with Crippen LogP contribution in [0.3, 0.4) is 0 Å². The van der Waals surface area contributed by atoms with Gasteiger partial charge in [-0.05, 0) is 72.9 Å². The van der Waals surface area contributed by atoms with Crippen LogP contribution in [0.1, 0.15) is 54.7 Å². The van der Waals surface area contributed by atoms with Gasteiger partial charge >= 0.3 is 0 Å². The Labute approximate surface area is 244 Å². The minimum Gasteiger partial charge on any atom is -0.350 e. The smallest absolute Gasteiger partial charge is 0.259 e. The normalized spacial score (nSPS) is 14.4. The summed E-state index contributed by atoms with van der Waals surface area (Å²) in [7, 11) is 3.33. The first-order chi connectivity index (χ1) is 19.3. The van der Waals surface area contributed by atoms with E-state index in [-0.39, 0.29) is 21.9 Å². The molecule has 0 radical (unpaired) electrons. The Bertz CT molecular complexity index is 1410. The number of amides is 1. The SMILES string of the molecule is CC.CN=CC1=C(C)CCc2c(F)cccc2C1NC(=S)NNc1ncc(N(C)C(=O)c2cccnc2)cc1Cl. The average molecular weight is 582 g/mol. The fourth-order valence-corrected chi connectivity index (χ4v) is 4.62. The molecule has 210 valence electrons. The Kier molecular flexibility index (Phi) is 11.1. The zero-order valence-corrected chi connectivity index (χ0v) is 24.7. The van der Waals surface area contributed by atoms with Gasteiger partial charge in [0.2, 0.25) is 0 Å². The molecule has 3 aromatic rings. The van der Waals surface area contributed by atoms with Gasteiger partial charge in [0, 0.05) is 32.7 Å². The van der Waals surface area contributed by atoms with Crippen molar-refractivity contribution in [3.63, 3.8) is 0 Å². The van der Waals surface area contributed by atoms with Gasteiger partial charge in [0.1, 0.15) is 5.82 Å². The zero-order chi connectivity index (χ0) is 29.2. The molecule has 1 unspecified atom stereocenters. The number of allylic oxidation sites excluding steroid dienone is 1. The number of carbonyl (C=O) groups is 1. The number of nitrogens with zero attached hydrogens (tertiary/aromatic N) is 4. The molecule has 0 aliphatic heterocycles. The lowest BCUT2D eigenvalue weighted by molar-refractivity contribution is 0.0992. The molecule has 8 nitrogen and oxygen atoms in total. The number of hydrogen-bond donors (Lipinski definition) is 3. The van der Waals surface area contributed by atoms with Crippen molar-refractivity contribution in [1.82, 2.24) is 20.7 Å². The quantitative estimate of drug-likeness (QED) is 0.185. The van der Waals surface area contributed by atoms with Gasteiger partial charge in [-0.1, -0.05) is 43.2 Å². The van der Waals surface area contributed by atoms with Crippen molar-refractivity contribution in [1.29, 1.82) is 0 Å². The Hall–Kier alpha value is -3.89. The van der Waals surface area contributed by atoms with Crippen molar-refractivity contribution in [2.45, 2.75) is 39.7 Å². The van der Waals surface area contributed by atoms with Crippen LogP contribution in [0.2, 0.25) is 5.02 Å². The van der Waals surface area contributed by atoms with E-state index in [1.807, 2.05) is 26.8 Å². The molecule has 1 amide bonds. The van der Waals surface area contributed by atoms with E-state index in [9.17, 15) is 9.18 Å². The number of rotatable bonds is 6. The zero-order valence-electron chi connectivity index (χ0n) is 23.1. The maximum Gasteiger partial charge on any atom is 0.259 e. The Balaban J connectivity index is 0.00000216. The van der Waals surface area contributed by atoms with Crippen molar-refractivity contribution < 1.29 is 9.18 Å². The summed E-state index contributed by atoms with van der Waals surface area (Å²) in [5.41, 5.74) is 10.3. The molecule has 1 aliphatic rings. The lowest BCUT2D eigenvalue weighted by Gasteiger charge is -2.24. The number of halogens is 2. The van der Waals surface area contributed by atoms with Crippen LogP contribution < -0.4 is 21.1 Å². The lowest BCUT2D eigenvalue weighted by Crippen LogP contribution is -2.42. The van der Waals surface area contributed by atoms with Crippen LogP contribution in [-0.2, 0) is 6.42 Å². The van der Waals surface area contributed by atoms with E-state index in [2.05, 4.69) is 31.1 Å². The number of aromatic nitrogens is 2. The summed E-state index contributed by atoms with van der Waals surface area (Å²) >= 11 is 12.0. The minimum atomic E-state index is -0.397. The van der Waals surface area contributed by atoms with Crippen LogP contribution in [0.5, 0.6) is 0 Å². The van der Waals surface area contributed by atoms with Crippen molar-refractivity contribution in [3.8, 4) is 0 Å². The van der Waals surface area contributed by atoms with E-state index < -0.39 is 6.04 Å². The fraction of sp³-hybridized carbons (Fsp3) is 0.276. The molecule has 11 heteroatoms. The molecule has 40 heavy (non-hydrogen) atoms. The largest absolute Gasteiger partial charge is 0.350 e. The topological polar surface area (TPSA) is 94.5 Å². The van der Waals surface area contributed by atoms with Gasteiger partial charge in [-0.2, -0.15) is 0 Å². The van der Waals surface area contributed by atoms with Crippen LogP contribution in [-0.4, -0.2) is 41.3 Å². The third-order valence-electron chi connectivity index (χ3n) is 6.29. The molecule has 3 N–H and O–H groups in total. The molecule has 0 fully saturated rings. The summed E-state index contributed by atoms with van der Waals surface area (Å²) in [6, 6.07) is 9.67. The number of anilines is 2. The second-order valence-electron chi connectivity index (χ2n) is 8.72. The van der Waals surface area contributed by atoms with Gasteiger partial charge in [-0.15, -0.1) is 0 Å². The second-order valence-corrected chi connectivity index (χ2v) is 9.53. The maximum atomic E-state index is 14.7. The van der Waals surface area contributed by atoms with Gasteiger partial charge < -0.3 is 10.2 Å². The van der Waals surface area contributed by atoms with Gasteiger partial charge in [-0.3, -0.25) is 25.6 Å². The van der Waals surface area contributed by atoms with Gasteiger partial charge in [0.25, 0.3) is 5.91 Å². The fourth-order valence-electron chi connectivity index (χ4n) is 4.25. The number of fused-ring (bicyclic) bond motifs is 1. The van der Waals surface area contributed by atoms with E-state index in [0.717, 1.165) is 23.1 Å². The molecule has 0 bridgehead atoms. The molecule has 4 rings (SSSR count). The second kappa shape index (κ2) is 14.5. The Morgan fingerprint density at radius 3 is 2.67 bits per heavy atom. The number of benzene rings is 1. The van der Waals surface area contributed by atoms with Gasteiger partial charge in [0.15, 0.2) is 10.9 Å². The monoisotopic (exact) mass is 581 g/mol. The third kappa shape index (κ3) is 7.19. The minimum absolute atomic E-state index is 0.239. The van der Waals surface area contributed by atoms with E-state index in [1.165, 1.54) is 23.4 Å². The standard InChI is InChI=1S/C27H27ClFN7OS.C2H6/c1-16-9-10-19-20(7-4-8-23(19)29)24(21(16)15-30-2)33-27(38)35-34-25-22(28)12-18(14-32-25)36(3)26(37)17-6-5-11-31-13-17;1-2/h4-8,11-15,24H,9-10H2,1-3H3,(H,32,34)(H2,33,35,38);1-2H3. The van der Waals surface area contributed by atoms with E-state index in [1.54, 1.807) is 50.8 Å². The van der Waals surface area contributed by atoms with Crippen LogP contribution in [0.4, 0.5) is 15.9 Å². The van der Waals surface area contributed by atoms with Crippen molar-refractivity contribution in [3.05, 3.63) is 93.7 Å². The summed E-state index contributed by atoms with van der Waals surface area (Å²) < 4.78 is 14.7. The van der Waals surface area contributed by atoms with Crippen molar-refractivity contribution >= 4 is 52.6 Å². The van der Waals surface area contributed by atoms with Crippen LogP contribution in [0.15, 0.2) is 71.1 Å². The number of hydrogen-bond acceptors (Lipinski definition) is 6. The molecule has 0 spiro atoms. The van der Waals surface area contributed by atoms with Crippen LogP contribution in [0.25, 0.3) is 0 Å². The van der Waals surface area contributed by atoms with Crippen LogP contribution in [0, 0.1) is 5.82 Å². The van der Waals surface area contributed by atoms with E-state index >= 15 is 0 Å². The van der Waals surface area contributed by atoms with Crippen molar-refractivity contribution in [2.24, 2.45) is 4.99 Å². The predicted octanol–water partition coefficient (Wildman–Crippen LogP) is 6.07. The highest BCUT2D eigenvalue weighted by Gasteiger charge is 2.26. The molecule has 2 heterocycles. The van der Waals surface area contributed by atoms with Crippen LogP contribution >= 0.6 is 23.8 Å². The molecular weight excluding hydrogens is 549 g/mol. The summed E-state index contributed by atoms with van der Waals surface area (Å²) in [6.07, 6.45) is 7.71. The van der Waals surface area contributed by atoms with Gasteiger partial charge in [0.05, 0.1) is 28.5 Å². The Morgan fingerprint density at radius 2 is 2.00 bits per heavy atom. The number of thiocarbonyl (C=S) groups is 1. The predicted molar refractivity (Wildman–Crippen MR) is 165 cm³/mol. The van der Waals surface area contributed by atoms with E-state index in [4.69, 9.17) is 23.8 Å². The molecule has 0 saturated heterocycles. The first-order valence-corrected chi connectivity index (χ1v) is 13.6. The number of pyridine rings is 2. The molecule has 2 aromatic heterocycles. The molecule has 1 atom stereocenters. The molecular formula is C29H33ClFN7OS. The number of nitrogens with one attached hydrogen (secondary N) is 3. The number of carbonyl (C=O) groups excluding carboxylic acids is 1. The van der Waals surface area contributed by atoms with E-state index in [0.29, 0.717) is 29.1 Å².